The Hall–Kier alpha value is -1.69. The van der Waals surface area contributed by atoms with E-state index in [9.17, 15) is 5.11 Å². The monoisotopic (exact) mass is 179 g/mol. The molecule has 0 unspecified atom stereocenters. The average molecular weight is 179 g/mol. The molecule has 0 atom stereocenters. The zero-order valence-electron chi connectivity index (χ0n) is 6.71. The molecule has 0 bridgehead atoms. The summed E-state index contributed by atoms with van der Waals surface area (Å²) in [5.41, 5.74) is 0.467. The first-order valence-electron chi connectivity index (χ1n) is 3.77. The van der Waals surface area contributed by atoms with E-state index < -0.39 is 0 Å². The highest BCUT2D eigenvalue weighted by Gasteiger charge is 2.03. The molecule has 1 N–H and O–H groups in total. The van der Waals surface area contributed by atoms with Gasteiger partial charge in [-0.1, -0.05) is 0 Å². The van der Waals surface area contributed by atoms with Crippen LogP contribution >= 0.6 is 0 Å². The fourth-order valence-corrected chi connectivity index (χ4v) is 1.13. The third kappa shape index (κ3) is 1.20. The van der Waals surface area contributed by atoms with Gasteiger partial charge in [-0.05, 0) is 0 Å². The smallest absolute Gasteiger partial charge is 0.160 e. The lowest BCUT2D eigenvalue weighted by Gasteiger charge is -2.03. The van der Waals surface area contributed by atoms with E-state index in [-0.39, 0.29) is 12.5 Å². The van der Waals surface area contributed by atoms with E-state index in [1.54, 1.807) is 0 Å². The summed E-state index contributed by atoms with van der Waals surface area (Å²) < 4.78 is 1.47. The number of hydrogen-bond acceptors (Lipinski definition) is 5. The summed E-state index contributed by atoms with van der Waals surface area (Å²) in [5.74, 6) is -0.339. The minimum atomic E-state index is -0.339. The van der Waals surface area contributed by atoms with Gasteiger partial charge in [0.05, 0.1) is 19.3 Å². The van der Waals surface area contributed by atoms with Crippen molar-refractivity contribution in [1.82, 2.24) is 19.7 Å². The van der Waals surface area contributed by atoms with Gasteiger partial charge in [0, 0.05) is 11.3 Å². The highest BCUT2D eigenvalue weighted by atomic mass is 16.3. The molecular weight excluding hydrogens is 172 g/mol. The molecule has 13 heavy (non-hydrogen) atoms. The third-order valence-corrected chi connectivity index (χ3v) is 1.71. The van der Waals surface area contributed by atoms with Crippen LogP contribution in [0.5, 0.6) is 5.88 Å². The number of rotatable bonds is 2. The van der Waals surface area contributed by atoms with Crippen LogP contribution in [0.25, 0.3) is 11.0 Å². The normalized spacial score (nSPS) is 10.8. The molecule has 0 saturated carbocycles. The molecule has 0 aliphatic carbocycles. The highest BCUT2D eigenvalue weighted by molar-refractivity contribution is 5.78. The Kier molecular flexibility index (Phi) is 1.82. The van der Waals surface area contributed by atoms with Gasteiger partial charge >= 0.3 is 0 Å². The number of aliphatic hydroxyl groups excluding tert-OH is 1. The highest BCUT2D eigenvalue weighted by Crippen LogP contribution is 2.15. The van der Waals surface area contributed by atoms with Crippen LogP contribution in [0.1, 0.15) is 0 Å². The van der Waals surface area contributed by atoms with Crippen molar-refractivity contribution in [3.05, 3.63) is 12.5 Å². The van der Waals surface area contributed by atoms with Crippen LogP contribution in [-0.4, -0.2) is 31.5 Å². The van der Waals surface area contributed by atoms with Crippen molar-refractivity contribution in [3.8, 4) is 5.88 Å². The van der Waals surface area contributed by atoms with Crippen molar-refractivity contribution in [2.45, 2.75) is 6.54 Å². The van der Waals surface area contributed by atoms with Gasteiger partial charge in [-0.2, -0.15) is 5.10 Å². The van der Waals surface area contributed by atoms with Gasteiger partial charge < -0.3 is 10.2 Å². The molecule has 6 heteroatoms. The standard InChI is InChI=1S/C7H8N4O2/c12-2-1-11-6-5(3-10-11)7(13)9-4-8-6/h3-4,12H,1-2H2,(H,8,9,13)/p-1. The molecule has 6 nitrogen and oxygen atoms in total. The summed E-state index contributed by atoms with van der Waals surface area (Å²) in [6, 6.07) is 0. The zero-order valence-corrected chi connectivity index (χ0v) is 6.71. The van der Waals surface area contributed by atoms with Crippen LogP contribution in [0.2, 0.25) is 0 Å². The molecule has 2 rings (SSSR count). The van der Waals surface area contributed by atoms with Crippen molar-refractivity contribution < 1.29 is 10.2 Å². The molecule has 0 aliphatic rings. The maximum Gasteiger partial charge on any atom is 0.160 e. The molecular formula is C7H7N4O2-. The average Bonchev–Trinajstić information content (AvgIpc) is 2.51. The number of nitrogens with zero attached hydrogens (tertiary/aromatic N) is 4. The largest absolute Gasteiger partial charge is 0.858 e. The van der Waals surface area contributed by atoms with E-state index in [0.29, 0.717) is 17.6 Å². The van der Waals surface area contributed by atoms with E-state index in [0.717, 1.165) is 0 Å². The maximum absolute atomic E-state index is 11.1. The molecule has 0 radical (unpaired) electrons. The summed E-state index contributed by atoms with van der Waals surface area (Å²) in [5, 5.41) is 24.1. The number of aromatic nitrogens is 4. The first kappa shape index (κ1) is 7.93. The van der Waals surface area contributed by atoms with Crippen LogP contribution in [0.4, 0.5) is 0 Å². The Morgan fingerprint density at radius 1 is 1.46 bits per heavy atom. The Bertz CT molecular complexity index is 425. The number of hydrogen-bond donors (Lipinski definition) is 1. The van der Waals surface area contributed by atoms with E-state index in [1.165, 1.54) is 17.2 Å². The molecule has 0 aliphatic heterocycles. The van der Waals surface area contributed by atoms with Crippen molar-refractivity contribution in [3.63, 3.8) is 0 Å². The number of fused-ring (bicyclic) bond motifs is 1. The molecule has 0 fully saturated rings. The Morgan fingerprint density at radius 2 is 2.31 bits per heavy atom. The maximum atomic E-state index is 11.1. The first-order chi connectivity index (χ1) is 6.33. The van der Waals surface area contributed by atoms with Crippen LogP contribution in [0.3, 0.4) is 0 Å². The fraction of sp³-hybridized carbons (Fsp3) is 0.286. The molecule has 0 aromatic carbocycles. The SMILES string of the molecule is [O-]c1ncnc2c1cnn2CCO. The lowest BCUT2D eigenvalue weighted by atomic mass is 10.4. The third-order valence-electron chi connectivity index (χ3n) is 1.71. The van der Waals surface area contributed by atoms with E-state index in [1.807, 2.05) is 0 Å². The van der Waals surface area contributed by atoms with Crippen LogP contribution < -0.4 is 5.11 Å². The van der Waals surface area contributed by atoms with Gasteiger partial charge in [0.25, 0.3) is 0 Å². The van der Waals surface area contributed by atoms with Crippen molar-refractivity contribution >= 4 is 11.0 Å². The second-order valence-electron chi connectivity index (χ2n) is 2.51. The van der Waals surface area contributed by atoms with Gasteiger partial charge in [-0.3, -0.25) is 4.98 Å². The minimum Gasteiger partial charge on any atom is -0.858 e. The summed E-state index contributed by atoms with van der Waals surface area (Å²) in [4.78, 5) is 7.40. The van der Waals surface area contributed by atoms with Gasteiger partial charge in [0.1, 0.15) is 6.33 Å². The second-order valence-corrected chi connectivity index (χ2v) is 2.51. The van der Waals surface area contributed by atoms with E-state index in [2.05, 4.69) is 15.1 Å². The van der Waals surface area contributed by atoms with Crippen molar-refractivity contribution in [2.24, 2.45) is 0 Å². The predicted molar refractivity (Wildman–Crippen MR) is 41.9 cm³/mol. The first-order valence-corrected chi connectivity index (χ1v) is 3.77. The zero-order chi connectivity index (χ0) is 9.26. The van der Waals surface area contributed by atoms with E-state index >= 15 is 0 Å². The van der Waals surface area contributed by atoms with Crippen molar-refractivity contribution in [2.75, 3.05) is 6.61 Å². The van der Waals surface area contributed by atoms with Gasteiger partial charge in [0.2, 0.25) is 0 Å². The quantitative estimate of drug-likeness (QED) is 0.631. The molecule has 2 aromatic heterocycles. The molecule has 68 valence electrons. The van der Waals surface area contributed by atoms with Crippen LogP contribution in [0, 0.1) is 0 Å². The predicted octanol–water partition coefficient (Wildman–Crippen LogP) is -1.11. The summed E-state index contributed by atoms with van der Waals surface area (Å²) >= 11 is 0. The topological polar surface area (TPSA) is 86.9 Å². The van der Waals surface area contributed by atoms with Gasteiger partial charge in [0.15, 0.2) is 5.65 Å². The van der Waals surface area contributed by atoms with Gasteiger partial charge in [-0.25, -0.2) is 9.67 Å². The van der Waals surface area contributed by atoms with E-state index in [4.69, 9.17) is 5.11 Å². The Balaban J connectivity index is 2.61. The molecule has 0 spiro atoms. The second kappa shape index (κ2) is 2.98. The lowest BCUT2D eigenvalue weighted by Crippen LogP contribution is -2.05. The molecule has 0 saturated heterocycles. The Morgan fingerprint density at radius 3 is 3.08 bits per heavy atom. The molecule has 2 heterocycles. The Labute approximate surface area is 73.5 Å². The fourth-order valence-electron chi connectivity index (χ4n) is 1.13. The molecule has 2 aromatic rings. The summed E-state index contributed by atoms with van der Waals surface area (Å²) in [7, 11) is 0. The summed E-state index contributed by atoms with van der Waals surface area (Å²) in [6.07, 6.45) is 2.60. The van der Waals surface area contributed by atoms with Crippen LogP contribution in [-0.2, 0) is 6.54 Å². The van der Waals surface area contributed by atoms with Crippen LogP contribution in [0.15, 0.2) is 12.5 Å². The lowest BCUT2D eigenvalue weighted by molar-refractivity contribution is -0.272. The summed E-state index contributed by atoms with van der Waals surface area (Å²) in [6.45, 7) is 0.301. The van der Waals surface area contributed by atoms with Gasteiger partial charge in [-0.15, -0.1) is 0 Å². The van der Waals surface area contributed by atoms with Crippen molar-refractivity contribution in [1.29, 1.82) is 0 Å². The number of aliphatic hydroxyl groups is 1. The molecule has 0 amide bonds. The minimum absolute atomic E-state index is 0.0328.